The summed E-state index contributed by atoms with van der Waals surface area (Å²) < 4.78 is 5.36. The maximum absolute atomic E-state index is 6.43. The standard InChI is InChI=1S/C16H23ClN2O/c1-3-12-9-18-15(11-4-5-11)10-19(12)16-8-13(20-2)6-7-14(16)17/h6-8,11-12,15,18H,3-5,9-10H2,1-2H3. The predicted octanol–water partition coefficient (Wildman–Crippen LogP) is 3.32. The quantitative estimate of drug-likeness (QED) is 0.922. The van der Waals surface area contributed by atoms with Crippen LogP contribution in [0.4, 0.5) is 5.69 Å². The molecule has 20 heavy (non-hydrogen) atoms. The van der Waals surface area contributed by atoms with Gasteiger partial charge in [-0.1, -0.05) is 18.5 Å². The van der Waals surface area contributed by atoms with Gasteiger partial charge < -0.3 is 15.0 Å². The number of ether oxygens (including phenoxy) is 1. The van der Waals surface area contributed by atoms with Crippen LogP contribution in [0.15, 0.2) is 18.2 Å². The molecule has 3 nitrogen and oxygen atoms in total. The summed E-state index contributed by atoms with van der Waals surface area (Å²) in [5.74, 6) is 1.74. The second kappa shape index (κ2) is 5.82. The van der Waals surface area contributed by atoms with Crippen molar-refractivity contribution in [3.8, 4) is 5.75 Å². The maximum Gasteiger partial charge on any atom is 0.121 e. The Balaban J connectivity index is 1.87. The van der Waals surface area contributed by atoms with Crippen LogP contribution in [0.3, 0.4) is 0 Å². The second-order valence-electron chi connectivity index (χ2n) is 5.88. The number of hydrogen-bond donors (Lipinski definition) is 1. The number of piperazine rings is 1. The highest BCUT2D eigenvalue weighted by Gasteiger charge is 2.37. The van der Waals surface area contributed by atoms with Gasteiger partial charge in [0.05, 0.1) is 17.8 Å². The maximum atomic E-state index is 6.43. The molecule has 3 rings (SSSR count). The van der Waals surface area contributed by atoms with E-state index in [4.69, 9.17) is 16.3 Å². The molecule has 1 aromatic rings. The molecule has 0 bridgehead atoms. The van der Waals surface area contributed by atoms with E-state index in [0.29, 0.717) is 12.1 Å². The van der Waals surface area contributed by atoms with E-state index in [1.807, 2.05) is 12.1 Å². The van der Waals surface area contributed by atoms with Gasteiger partial charge in [0, 0.05) is 31.2 Å². The van der Waals surface area contributed by atoms with Crippen molar-refractivity contribution in [2.75, 3.05) is 25.1 Å². The topological polar surface area (TPSA) is 24.5 Å². The van der Waals surface area contributed by atoms with Crippen LogP contribution in [0.2, 0.25) is 5.02 Å². The summed E-state index contributed by atoms with van der Waals surface area (Å²) in [6, 6.07) is 7.05. The van der Waals surface area contributed by atoms with Gasteiger partial charge >= 0.3 is 0 Å². The lowest BCUT2D eigenvalue weighted by molar-refractivity contribution is 0.359. The van der Waals surface area contributed by atoms with Crippen LogP contribution in [0.5, 0.6) is 5.75 Å². The number of nitrogens with zero attached hydrogens (tertiary/aromatic N) is 1. The SMILES string of the molecule is CCC1CNC(C2CC2)CN1c1cc(OC)ccc1Cl. The first-order valence-corrected chi connectivity index (χ1v) is 7.94. The molecular weight excluding hydrogens is 272 g/mol. The number of nitrogens with one attached hydrogen (secondary N) is 1. The third kappa shape index (κ3) is 2.75. The molecule has 0 aromatic heterocycles. The fourth-order valence-electron chi connectivity index (χ4n) is 3.14. The van der Waals surface area contributed by atoms with E-state index in [9.17, 15) is 0 Å². The number of rotatable bonds is 4. The smallest absolute Gasteiger partial charge is 0.121 e. The van der Waals surface area contributed by atoms with Crippen LogP contribution in [0.1, 0.15) is 26.2 Å². The van der Waals surface area contributed by atoms with Crippen molar-refractivity contribution in [3.63, 3.8) is 0 Å². The molecule has 1 saturated carbocycles. The van der Waals surface area contributed by atoms with Gasteiger partial charge in [-0.15, -0.1) is 0 Å². The van der Waals surface area contributed by atoms with Crippen molar-refractivity contribution in [1.82, 2.24) is 5.32 Å². The number of methoxy groups -OCH3 is 1. The first-order chi connectivity index (χ1) is 9.72. The van der Waals surface area contributed by atoms with Crippen molar-refractivity contribution in [1.29, 1.82) is 0 Å². The monoisotopic (exact) mass is 294 g/mol. The van der Waals surface area contributed by atoms with Gasteiger partial charge in [-0.3, -0.25) is 0 Å². The fourth-order valence-corrected chi connectivity index (χ4v) is 3.36. The highest BCUT2D eigenvalue weighted by atomic mass is 35.5. The Morgan fingerprint density at radius 2 is 2.20 bits per heavy atom. The average Bonchev–Trinajstić information content (AvgIpc) is 3.32. The number of hydrogen-bond acceptors (Lipinski definition) is 3. The molecule has 4 heteroatoms. The third-order valence-electron chi connectivity index (χ3n) is 4.57. The van der Waals surface area contributed by atoms with Gasteiger partial charge in [0.25, 0.3) is 0 Å². The Labute approximate surface area is 126 Å². The highest BCUT2D eigenvalue weighted by molar-refractivity contribution is 6.33. The summed E-state index contributed by atoms with van der Waals surface area (Å²) in [4.78, 5) is 2.48. The van der Waals surface area contributed by atoms with E-state index < -0.39 is 0 Å². The molecule has 1 aliphatic heterocycles. The molecule has 1 heterocycles. The molecule has 0 radical (unpaired) electrons. The lowest BCUT2D eigenvalue weighted by atomic mass is 10.0. The zero-order valence-electron chi connectivity index (χ0n) is 12.2. The van der Waals surface area contributed by atoms with Gasteiger partial charge in [-0.25, -0.2) is 0 Å². The molecule has 2 aliphatic rings. The summed E-state index contributed by atoms with van der Waals surface area (Å²) >= 11 is 6.43. The van der Waals surface area contributed by atoms with Gasteiger partial charge in [-0.05, 0) is 37.3 Å². The molecule has 1 aromatic carbocycles. The summed E-state index contributed by atoms with van der Waals surface area (Å²) in [5.41, 5.74) is 1.12. The molecule has 0 amide bonds. The molecule has 110 valence electrons. The van der Waals surface area contributed by atoms with Crippen molar-refractivity contribution in [2.45, 2.75) is 38.3 Å². The minimum Gasteiger partial charge on any atom is -0.497 e. The Kier molecular flexibility index (Phi) is 4.08. The lowest BCUT2D eigenvalue weighted by Crippen LogP contribution is -2.57. The summed E-state index contributed by atoms with van der Waals surface area (Å²) in [6.45, 7) is 4.34. The van der Waals surface area contributed by atoms with E-state index in [2.05, 4.69) is 23.2 Å². The largest absolute Gasteiger partial charge is 0.497 e. The van der Waals surface area contributed by atoms with Gasteiger partial charge in [0.2, 0.25) is 0 Å². The van der Waals surface area contributed by atoms with Crippen LogP contribution < -0.4 is 15.0 Å². The zero-order valence-corrected chi connectivity index (χ0v) is 13.0. The van der Waals surface area contributed by atoms with Crippen molar-refractivity contribution in [3.05, 3.63) is 23.2 Å². The van der Waals surface area contributed by atoms with Crippen LogP contribution in [0.25, 0.3) is 0 Å². The normalized spacial score (nSPS) is 26.6. The van der Waals surface area contributed by atoms with E-state index >= 15 is 0 Å². The van der Waals surface area contributed by atoms with Crippen LogP contribution in [-0.4, -0.2) is 32.3 Å². The minimum absolute atomic E-state index is 0.509. The predicted molar refractivity (Wildman–Crippen MR) is 83.9 cm³/mol. The molecule has 1 N–H and O–H groups in total. The zero-order chi connectivity index (χ0) is 14.1. The Bertz CT molecular complexity index is 476. The van der Waals surface area contributed by atoms with Gasteiger partial charge in [-0.2, -0.15) is 0 Å². The first kappa shape index (κ1) is 14.0. The van der Waals surface area contributed by atoms with Gasteiger partial charge in [0.1, 0.15) is 5.75 Å². The molecule has 0 spiro atoms. The average molecular weight is 295 g/mol. The third-order valence-corrected chi connectivity index (χ3v) is 4.89. The Morgan fingerprint density at radius 1 is 1.40 bits per heavy atom. The van der Waals surface area contributed by atoms with E-state index in [1.54, 1.807) is 7.11 Å². The van der Waals surface area contributed by atoms with Crippen molar-refractivity contribution >= 4 is 17.3 Å². The number of anilines is 1. The number of halogens is 1. The van der Waals surface area contributed by atoms with Crippen molar-refractivity contribution in [2.24, 2.45) is 5.92 Å². The van der Waals surface area contributed by atoms with E-state index in [0.717, 1.165) is 41.9 Å². The summed E-state index contributed by atoms with van der Waals surface area (Å²) in [6.07, 6.45) is 3.86. The Morgan fingerprint density at radius 3 is 2.85 bits per heavy atom. The Hall–Kier alpha value is -0.930. The van der Waals surface area contributed by atoms with Gasteiger partial charge in [0.15, 0.2) is 0 Å². The molecule has 2 atom stereocenters. The minimum atomic E-state index is 0.509. The molecule has 1 aliphatic carbocycles. The van der Waals surface area contributed by atoms with Crippen molar-refractivity contribution < 1.29 is 4.74 Å². The second-order valence-corrected chi connectivity index (χ2v) is 6.29. The summed E-state index contributed by atoms with van der Waals surface area (Å²) in [5, 5.41) is 4.53. The number of benzene rings is 1. The van der Waals surface area contributed by atoms with Crippen LogP contribution >= 0.6 is 11.6 Å². The highest BCUT2D eigenvalue weighted by Crippen LogP contribution is 2.38. The van der Waals surface area contributed by atoms with Crippen LogP contribution in [-0.2, 0) is 0 Å². The van der Waals surface area contributed by atoms with E-state index in [1.165, 1.54) is 12.8 Å². The first-order valence-electron chi connectivity index (χ1n) is 7.56. The fraction of sp³-hybridized carbons (Fsp3) is 0.625. The lowest BCUT2D eigenvalue weighted by Gasteiger charge is -2.42. The molecule has 2 fully saturated rings. The molecular formula is C16H23ClN2O. The summed E-state index contributed by atoms with van der Waals surface area (Å²) in [7, 11) is 1.70. The van der Waals surface area contributed by atoms with E-state index in [-0.39, 0.29) is 0 Å². The molecule has 2 unspecified atom stereocenters. The van der Waals surface area contributed by atoms with Crippen LogP contribution in [0, 0.1) is 5.92 Å². The molecule has 1 saturated heterocycles.